The molecule has 0 aliphatic carbocycles. The van der Waals surface area contributed by atoms with Crippen molar-refractivity contribution in [2.24, 2.45) is 0 Å². The smallest absolute Gasteiger partial charge is 0.138 e. The molecule has 0 aliphatic heterocycles. The van der Waals surface area contributed by atoms with Gasteiger partial charge in [-0.25, -0.2) is 8.78 Å². The number of rotatable bonds is 4. The Balaban J connectivity index is 1.98. The van der Waals surface area contributed by atoms with Gasteiger partial charge in [0.25, 0.3) is 0 Å². The molecule has 0 heterocycles. The third-order valence-corrected chi connectivity index (χ3v) is 3.02. The molecule has 2 aromatic rings. The zero-order valence-electron chi connectivity index (χ0n) is 9.96. The lowest BCUT2D eigenvalue weighted by Crippen LogP contribution is -2.14. The highest BCUT2D eigenvalue weighted by atomic mass is 35.5. The molecule has 19 heavy (non-hydrogen) atoms. The molecular weight excluding hydrogens is 272 g/mol. The SMILES string of the molecule is Oc1c(Cl)cccc1CNCc1ccc(F)cc1F. The van der Waals surface area contributed by atoms with Gasteiger partial charge >= 0.3 is 0 Å². The van der Waals surface area contributed by atoms with E-state index in [0.717, 1.165) is 6.07 Å². The lowest BCUT2D eigenvalue weighted by atomic mass is 10.1. The summed E-state index contributed by atoms with van der Waals surface area (Å²) < 4.78 is 26.1. The van der Waals surface area contributed by atoms with Gasteiger partial charge in [-0.05, 0) is 12.1 Å². The van der Waals surface area contributed by atoms with E-state index in [0.29, 0.717) is 17.7 Å². The van der Waals surface area contributed by atoms with Crippen LogP contribution in [-0.2, 0) is 13.1 Å². The van der Waals surface area contributed by atoms with E-state index in [1.54, 1.807) is 18.2 Å². The maximum atomic E-state index is 13.4. The Labute approximate surface area is 114 Å². The summed E-state index contributed by atoms with van der Waals surface area (Å²) in [6.45, 7) is 0.571. The van der Waals surface area contributed by atoms with E-state index >= 15 is 0 Å². The quantitative estimate of drug-likeness (QED) is 0.898. The molecule has 0 fully saturated rings. The van der Waals surface area contributed by atoms with Gasteiger partial charge in [0.05, 0.1) is 5.02 Å². The number of benzene rings is 2. The van der Waals surface area contributed by atoms with Crippen molar-refractivity contribution in [1.82, 2.24) is 5.32 Å². The fourth-order valence-electron chi connectivity index (χ4n) is 1.70. The van der Waals surface area contributed by atoms with Crippen molar-refractivity contribution >= 4 is 11.6 Å². The predicted octanol–water partition coefficient (Wildman–Crippen LogP) is 3.61. The molecule has 2 rings (SSSR count). The molecule has 0 spiro atoms. The lowest BCUT2D eigenvalue weighted by molar-refractivity contribution is 0.464. The van der Waals surface area contributed by atoms with E-state index in [2.05, 4.69) is 5.32 Å². The maximum absolute atomic E-state index is 13.4. The van der Waals surface area contributed by atoms with Gasteiger partial charge in [-0.1, -0.05) is 29.8 Å². The minimum atomic E-state index is -0.603. The van der Waals surface area contributed by atoms with E-state index < -0.39 is 11.6 Å². The van der Waals surface area contributed by atoms with Crippen molar-refractivity contribution in [1.29, 1.82) is 0 Å². The van der Waals surface area contributed by atoms with Crippen LogP contribution < -0.4 is 5.32 Å². The van der Waals surface area contributed by atoms with Gasteiger partial charge in [-0.3, -0.25) is 0 Å². The van der Waals surface area contributed by atoms with Crippen LogP contribution in [0.1, 0.15) is 11.1 Å². The first-order valence-corrected chi connectivity index (χ1v) is 6.06. The van der Waals surface area contributed by atoms with Gasteiger partial charge in [0.2, 0.25) is 0 Å². The van der Waals surface area contributed by atoms with Crippen molar-refractivity contribution in [3.63, 3.8) is 0 Å². The van der Waals surface area contributed by atoms with Crippen LogP contribution in [0.4, 0.5) is 8.78 Å². The Kier molecular flexibility index (Phi) is 4.35. The highest BCUT2D eigenvalue weighted by Crippen LogP contribution is 2.26. The van der Waals surface area contributed by atoms with Gasteiger partial charge < -0.3 is 10.4 Å². The van der Waals surface area contributed by atoms with Gasteiger partial charge in [0, 0.05) is 30.3 Å². The number of aromatic hydroxyl groups is 1. The fourth-order valence-corrected chi connectivity index (χ4v) is 1.89. The summed E-state index contributed by atoms with van der Waals surface area (Å²) >= 11 is 5.77. The number of hydrogen-bond acceptors (Lipinski definition) is 2. The summed E-state index contributed by atoms with van der Waals surface area (Å²) in [5.41, 5.74) is 0.984. The summed E-state index contributed by atoms with van der Waals surface area (Å²) in [7, 11) is 0. The molecule has 0 saturated carbocycles. The minimum absolute atomic E-state index is 0.0104. The second-order valence-electron chi connectivity index (χ2n) is 4.09. The first-order chi connectivity index (χ1) is 9.08. The van der Waals surface area contributed by atoms with Crippen molar-refractivity contribution < 1.29 is 13.9 Å². The average Bonchev–Trinajstić information content (AvgIpc) is 2.37. The Bertz CT molecular complexity index is 590. The summed E-state index contributed by atoms with van der Waals surface area (Å²) in [4.78, 5) is 0. The molecule has 5 heteroatoms. The molecule has 0 aliphatic rings. The average molecular weight is 284 g/mol. The summed E-state index contributed by atoms with van der Waals surface area (Å²) in [6.07, 6.45) is 0. The monoisotopic (exact) mass is 283 g/mol. The van der Waals surface area contributed by atoms with Gasteiger partial charge in [-0.15, -0.1) is 0 Å². The van der Waals surface area contributed by atoms with Gasteiger partial charge in [0.1, 0.15) is 17.4 Å². The van der Waals surface area contributed by atoms with E-state index in [1.807, 2.05) is 0 Å². The molecule has 2 nitrogen and oxygen atoms in total. The van der Waals surface area contributed by atoms with Crippen LogP contribution >= 0.6 is 11.6 Å². The number of phenolic OH excluding ortho intramolecular Hbond substituents is 1. The zero-order chi connectivity index (χ0) is 13.8. The summed E-state index contributed by atoms with van der Waals surface area (Å²) in [5.74, 6) is -1.19. The van der Waals surface area contributed by atoms with Crippen molar-refractivity contribution in [3.8, 4) is 5.75 Å². The number of phenols is 1. The van der Waals surface area contributed by atoms with E-state index in [-0.39, 0.29) is 17.3 Å². The molecule has 0 amide bonds. The highest BCUT2D eigenvalue weighted by Gasteiger charge is 2.06. The van der Waals surface area contributed by atoms with Crippen LogP contribution in [0, 0.1) is 11.6 Å². The van der Waals surface area contributed by atoms with Crippen LogP contribution in [0.5, 0.6) is 5.75 Å². The zero-order valence-corrected chi connectivity index (χ0v) is 10.7. The molecule has 0 aromatic heterocycles. The predicted molar refractivity (Wildman–Crippen MR) is 70.0 cm³/mol. The Morgan fingerprint density at radius 3 is 2.53 bits per heavy atom. The van der Waals surface area contributed by atoms with Crippen LogP contribution in [0.25, 0.3) is 0 Å². The second kappa shape index (κ2) is 5.99. The Morgan fingerprint density at radius 2 is 1.79 bits per heavy atom. The summed E-state index contributed by atoms with van der Waals surface area (Å²) in [5, 5.41) is 12.9. The van der Waals surface area contributed by atoms with Gasteiger partial charge in [-0.2, -0.15) is 0 Å². The van der Waals surface area contributed by atoms with E-state index in [1.165, 1.54) is 12.1 Å². The topological polar surface area (TPSA) is 32.3 Å². The first-order valence-electron chi connectivity index (χ1n) is 5.69. The number of para-hydroxylation sites is 1. The maximum Gasteiger partial charge on any atom is 0.138 e. The molecule has 2 N–H and O–H groups in total. The Morgan fingerprint density at radius 1 is 1.05 bits per heavy atom. The molecular formula is C14H12ClF2NO. The largest absolute Gasteiger partial charge is 0.506 e. The lowest BCUT2D eigenvalue weighted by Gasteiger charge is -2.08. The minimum Gasteiger partial charge on any atom is -0.506 e. The third kappa shape index (κ3) is 3.43. The van der Waals surface area contributed by atoms with E-state index in [4.69, 9.17) is 11.6 Å². The normalized spacial score (nSPS) is 10.7. The molecule has 0 radical (unpaired) electrons. The number of nitrogens with one attached hydrogen (secondary N) is 1. The van der Waals surface area contributed by atoms with Crippen LogP contribution in [-0.4, -0.2) is 5.11 Å². The van der Waals surface area contributed by atoms with Crippen LogP contribution in [0.15, 0.2) is 36.4 Å². The Hall–Kier alpha value is -1.65. The summed E-state index contributed by atoms with van der Waals surface area (Å²) in [6, 6.07) is 8.45. The molecule has 0 unspecified atom stereocenters. The van der Waals surface area contributed by atoms with Crippen molar-refractivity contribution in [2.75, 3.05) is 0 Å². The molecule has 0 saturated heterocycles. The third-order valence-electron chi connectivity index (χ3n) is 2.72. The highest BCUT2D eigenvalue weighted by molar-refractivity contribution is 6.32. The van der Waals surface area contributed by atoms with Gasteiger partial charge in [0.15, 0.2) is 0 Å². The number of hydrogen-bond donors (Lipinski definition) is 2. The first kappa shape index (κ1) is 13.8. The van der Waals surface area contributed by atoms with Crippen molar-refractivity contribution in [2.45, 2.75) is 13.1 Å². The molecule has 0 atom stereocenters. The second-order valence-corrected chi connectivity index (χ2v) is 4.49. The number of halogens is 3. The van der Waals surface area contributed by atoms with Crippen LogP contribution in [0.2, 0.25) is 5.02 Å². The van der Waals surface area contributed by atoms with Crippen molar-refractivity contribution in [3.05, 3.63) is 64.2 Å². The molecule has 0 bridgehead atoms. The fraction of sp³-hybridized carbons (Fsp3) is 0.143. The standard InChI is InChI=1S/C14H12ClF2NO/c15-12-3-1-2-10(14(12)19)8-18-7-9-4-5-11(16)6-13(9)17/h1-6,18-19H,7-8H2. The van der Waals surface area contributed by atoms with Crippen LogP contribution in [0.3, 0.4) is 0 Å². The van der Waals surface area contributed by atoms with E-state index in [9.17, 15) is 13.9 Å². The molecule has 2 aromatic carbocycles. The molecule has 100 valence electrons.